The SMILES string of the molecule is CC(C)(C)OC(=O)C1CCN(C=O)C1N. The third-order valence-electron chi connectivity index (χ3n) is 2.34. The van der Waals surface area contributed by atoms with Gasteiger partial charge in [-0.3, -0.25) is 9.59 Å². The number of nitrogens with zero attached hydrogens (tertiary/aromatic N) is 1. The first-order valence-electron chi connectivity index (χ1n) is 5.04. The molecule has 0 aromatic carbocycles. The molecule has 1 saturated heterocycles. The molecule has 0 aromatic heterocycles. The maximum absolute atomic E-state index is 11.7. The molecule has 5 heteroatoms. The van der Waals surface area contributed by atoms with E-state index in [1.807, 2.05) is 20.8 Å². The first-order chi connectivity index (χ1) is 6.85. The maximum atomic E-state index is 11.7. The molecule has 0 radical (unpaired) electrons. The van der Waals surface area contributed by atoms with Crippen molar-refractivity contribution in [1.29, 1.82) is 0 Å². The molecule has 2 atom stereocenters. The van der Waals surface area contributed by atoms with Crippen molar-refractivity contribution in [2.45, 2.75) is 39.0 Å². The quantitative estimate of drug-likeness (QED) is 0.522. The van der Waals surface area contributed by atoms with Crippen molar-refractivity contribution in [3.8, 4) is 0 Å². The molecule has 1 heterocycles. The molecule has 0 saturated carbocycles. The highest BCUT2D eigenvalue weighted by atomic mass is 16.6. The van der Waals surface area contributed by atoms with E-state index in [1.165, 1.54) is 4.90 Å². The molecule has 1 rings (SSSR count). The number of nitrogens with two attached hydrogens (primary N) is 1. The molecule has 5 nitrogen and oxygen atoms in total. The molecule has 86 valence electrons. The number of hydrogen-bond acceptors (Lipinski definition) is 4. The van der Waals surface area contributed by atoms with Gasteiger partial charge in [0.1, 0.15) is 5.60 Å². The number of esters is 1. The van der Waals surface area contributed by atoms with Crippen molar-refractivity contribution in [2.75, 3.05) is 6.54 Å². The van der Waals surface area contributed by atoms with Gasteiger partial charge >= 0.3 is 5.97 Å². The summed E-state index contributed by atoms with van der Waals surface area (Å²) in [6.45, 7) is 5.95. The van der Waals surface area contributed by atoms with Crippen LogP contribution in [0.15, 0.2) is 0 Å². The zero-order valence-electron chi connectivity index (χ0n) is 9.40. The predicted octanol–water partition coefficient (Wildman–Crippen LogP) is 0.0912. The van der Waals surface area contributed by atoms with Gasteiger partial charge in [-0.05, 0) is 27.2 Å². The molecular formula is C10H18N2O3. The first-order valence-corrected chi connectivity index (χ1v) is 5.04. The topological polar surface area (TPSA) is 72.6 Å². The highest BCUT2D eigenvalue weighted by Gasteiger charge is 2.38. The Morgan fingerprint density at radius 2 is 2.13 bits per heavy atom. The Hall–Kier alpha value is -1.10. The zero-order valence-corrected chi connectivity index (χ0v) is 9.40. The molecule has 2 N–H and O–H groups in total. The van der Waals surface area contributed by atoms with Gasteiger partial charge in [0.15, 0.2) is 0 Å². The molecule has 15 heavy (non-hydrogen) atoms. The van der Waals surface area contributed by atoms with E-state index >= 15 is 0 Å². The third-order valence-corrected chi connectivity index (χ3v) is 2.34. The molecule has 0 spiro atoms. The Labute approximate surface area is 89.6 Å². The predicted molar refractivity (Wildman–Crippen MR) is 54.7 cm³/mol. The summed E-state index contributed by atoms with van der Waals surface area (Å²) in [5, 5.41) is 0. The van der Waals surface area contributed by atoms with Crippen molar-refractivity contribution in [2.24, 2.45) is 11.7 Å². The summed E-state index contributed by atoms with van der Waals surface area (Å²) in [7, 11) is 0. The van der Waals surface area contributed by atoms with Crippen LogP contribution >= 0.6 is 0 Å². The number of ether oxygens (including phenoxy) is 1. The lowest BCUT2D eigenvalue weighted by molar-refractivity contribution is -0.160. The average molecular weight is 214 g/mol. The highest BCUT2D eigenvalue weighted by molar-refractivity contribution is 5.74. The van der Waals surface area contributed by atoms with Gasteiger partial charge in [-0.15, -0.1) is 0 Å². The van der Waals surface area contributed by atoms with Crippen LogP contribution in [0.4, 0.5) is 0 Å². The van der Waals surface area contributed by atoms with E-state index in [1.54, 1.807) is 0 Å². The number of carbonyl (C=O) groups is 2. The second-order valence-electron chi connectivity index (χ2n) is 4.76. The Morgan fingerprint density at radius 3 is 2.53 bits per heavy atom. The Balaban J connectivity index is 2.59. The van der Waals surface area contributed by atoms with E-state index in [-0.39, 0.29) is 5.97 Å². The molecule has 0 aromatic rings. The molecule has 0 aliphatic carbocycles. The Bertz CT molecular complexity index is 260. The minimum absolute atomic E-state index is 0.320. The number of amides is 1. The number of likely N-dealkylation sites (tertiary alicyclic amines) is 1. The van der Waals surface area contributed by atoms with Crippen LogP contribution in [0.25, 0.3) is 0 Å². The van der Waals surface area contributed by atoms with Crippen LogP contribution in [0.3, 0.4) is 0 Å². The van der Waals surface area contributed by atoms with E-state index in [9.17, 15) is 9.59 Å². The summed E-state index contributed by atoms with van der Waals surface area (Å²) >= 11 is 0. The lowest BCUT2D eigenvalue weighted by atomic mass is 10.1. The van der Waals surface area contributed by atoms with Crippen molar-refractivity contribution < 1.29 is 14.3 Å². The first kappa shape index (κ1) is 12.0. The van der Waals surface area contributed by atoms with Gasteiger partial charge in [-0.25, -0.2) is 0 Å². The molecule has 1 aliphatic heterocycles. The Kier molecular flexibility index (Phi) is 3.34. The summed E-state index contributed by atoms with van der Waals surface area (Å²) in [5.74, 6) is -0.714. The summed E-state index contributed by atoms with van der Waals surface area (Å²) in [6, 6.07) is 0. The average Bonchev–Trinajstić information content (AvgIpc) is 2.43. The van der Waals surface area contributed by atoms with E-state index in [0.29, 0.717) is 19.4 Å². The summed E-state index contributed by atoms with van der Waals surface area (Å²) in [5.41, 5.74) is 5.24. The molecule has 1 aliphatic rings. The van der Waals surface area contributed by atoms with Crippen molar-refractivity contribution in [3.05, 3.63) is 0 Å². The third kappa shape index (κ3) is 2.92. The number of hydrogen-bond donors (Lipinski definition) is 1. The van der Waals surface area contributed by atoms with Crippen molar-refractivity contribution in [3.63, 3.8) is 0 Å². The lowest BCUT2D eigenvalue weighted by Gasteiger charge is -2.24. The van der Waals surface area contributed by atoms with Crippen LogP contribution < -0.4 is 5.73 Å². The smallest absolute Gasteiger partial charge is 0.313 e. The van der Waals surface area contributed by atoms with E-state index in [0.717, 1.165) is 0 Å². The highest BCUT2D eigenvalue weighted by Crippen LogP contribution is 2.23. The van der Waals surface area contributed by atoms with E-state index < -0.39 is 17.7 Å². The molecule has 2 unspecified atom stereocenters. The normalized spacial score (nSPS) is 26.5. The van der Waals surface area contributed by atoms with Gasteiger partial charge in [0.2, 0.25) is 6.41 Å². The van der Waals surface area contributed by atoms with E-state index in [2.05, 4.69) is 0 Å². The lowest BCUT2D eigenvalue weighted by Crippen LogP contribution is -2.43. The van der Waals surface area contributed by atoms with Gasteiger partial charge in [0, 0.05) is 6.54 Å². The number of rotatable bonds is 2. The van der Waals surface area contributed by atoms with Gasteiger partial charge in [-0.1, -0.05) is 0 Å². The van der Waals surface area contributed by atoms with Crippen LogP contribution in [-0.2, 0) is 14.3 Å². The van der Waals surface area contributed by atoms with Gasteiger partial charge in [0.05, 0.1) is 12.1 Å². The van der Waals surface area contributed by atoms with Crippen LogP contribution in [0.2, 0.25) is 0 Å². The zero-order chi connectivity index (χ0) is 11.6. The summed E-state index contributed by atoms with van der Waals surface area (Å²) in [4.78, 5) is 23.7. The molecule has 0 bridgehead atoms. The summed E-state index contributed by atoms with van der Waals surface area (Å²) < 4.78 is 5.22. The molecule has 1 amide bonds. The largest absolute Gasteiger partial charge is 0.460 e. The van der Waals surface area contributed by atoms with Crippen LogP contribution in [0, 0.1) is 5.92 Å². The minimum Gasteiger partial charge on any atom is -0.460 e. The maximum Gasteiger partial charge on any atom is 0.313 e. The van der Waals surface area contributed by atoms with Crippen LogP contribution in [-0.4, -0.2) is 35.6 Å². The van der Waals surface area contributed by atoms with Gasteiger partial charge in [0.25, 0.3) is 0 Å². The van der Waals surface area contributed by atoms with Crippen LogP contribution in [0.1, 0.15) is 27.2 Å². The fraction of sp³-hybridized carbons (Fsp3) is 0.800. The fourth-order valence-electron chi connectivity index (χ4n) is 1.60. The monoisotopic (exact) mass is 214 g/mol. The molecular weight excluding hydrogens is 196 g/mol. The fourth-order valence-corrected chi connectivity index (χ4v) is 1.60. The van der Waals surface area contributed by atoms with Gasteiger partial charge < -0.3 is 15.4 Å². The second-order valence-corrected chi connectivity index (χ2v) is 4.76. The van der Waals surface area contributed by atoms with Crippen molar-refractivity contribution in [1.82, 2.24) is 4.90 Å². The molecule has 1 fully saturated rings. The van der Waals surface area contributed by atoms with Crippen LogP contribution in [0.5, 0.6) is 0 Å². The Morgan fingerprint density at radius 1 is 1.53 bits per heavy atom. The van der Waals surface area contributed by atoms with Gasteiger partial charge in [-0.2, -0.15) is 0 Å². The van der Waals surface area contributed by atoms with Crippen molar-refractivity contribution >= 4 is 12.4 Å². The standard InChI is InChI=1S/C10H18N2O3/c1-10(2,3)15-9(14)7-4-5-12(6-13)8(7)11/h6-8H,4-5,11H2,1-3H3. The summed E-state index contributed by atoms with van der Waals surface area (Å²) in [6.07, 6.45) is 0.710. The number of carbonyl (C=O) groups excluding carboxylic acids is 2. The van der Waals surface area contributed by atoms with E-state index in [4.69, 9.17) is 10.5 Å². The minimum atomic E-state index is -0.544. The second kappa shape index (κ2) is 4.18.